The lowest BCUT2D eigenvalue weighted by molar-refractivity contribution is 0.415. The molecule has 35 heavy (non-hydrogen) atoms. The number of fused-ring (bicyclic) bond motifs is 2. The van der Waals surface area contributed by atoms with E-state index in [1.54, 1.807) is 11.7 Å². The van der Waals surface area contributed by atoms with E-state index in [1.165, 1.54) is 4.57 Å². The van der Waals surface area contributed by atoms with Crippen LogP contribution in [0.1, 0.15) is 50.0 Å². The first-order chi connectivity index (χ1) is 17.1. The zero-order valence-electron chi connectivity index (χ0n) is 19.7. The zero-order chi connectivity index (χ0) is 24.1. The van der Waals surface area contributed by atoms with Crippen molar-refractivity contribution in [2.75, 3.05) is 7.11 Å². The molecule has 3 heterocycles. The van der Waals surface area contributed by atoms with E-state index in [-0.39, 0.29) is 23.2 Å². The third-order valence-corrected chi connectivity index (χ3v) is 6.80. The van der Waals surface area contributed by atoms with Crippen LogP contribution >= 0.6 is 0 Å². The summed E-state index contributed by atoms with van der Waals surface area (Å²) < 4.78 is 8.29. The predicted octanol–water partition coefficient (Wildman–Crippen LogP) is 3.46. The van der Waals surface area contributed by atoms with Gasteiger partial charge in [-0.05, 0) is 67.7 Å². The largest absolute Gasteiger partial charge is 0.497 e. The van der Waals surface area contributed by atoms with E-state index in [1.807, 2.05) is 43.3 Å². The Balaban J connectivity index is 1.37. The number of methoxy groups -OCH3 is 1. The van der Waals surface area contributed by atoms with E-state index in [0.717, 1.165) is 47.6 Å². The number of imidazole rings is 1. The average Bonchev–Trinajstić information content (AvgIpc) is 3.53. The number of hydrogen-bond acceptors (Lipinski definition) is 6. The van der Waals surface area contributed by atoms with Crippen molar-refractivity contribution in [2.24, 2.45) is 16.1 Å². The molecule has 2 aromatic heterocycles. The molecule has 1 N–H and O–H groups in total. The highest BCUT2D eigenvalue weighted by molar-refractivity contribution is 6.21. The molecular weight excluding hydrogens is 444 g/mol. The molecule has 0 amide bonds. The molecule has 2 aliphatic carbocycles. The first-order valence-electron chi connectivity index (χ1n) is 12.0. The maximum atomic E-state index is 13.2. The van der Waals surface area contributed by atoms with E-state index >= 15 is 0 Å². The summed E-state index contributed by atoms with van der Waals surface area (Å²) >= 11 is 0. The normalized spacial score (nSPS) is 19.3. The van der Waals surface area contributed by atoms with Gasteiger partial charge in [-0.25, -0.2) is 9.78 Å². The molecule has 0 radical (unpaired) electrons. The van der Waals surface area contributed by atoms with Crippen LogP contribution < -0.4 is 16.0 Å². The minimum absolute atomic E-state index is 0.000651. The topological polar surface area (TPSA) is 107 Å². The van der Waals surface area contributed by atoms with Crippen LogP contribution in [0.25, 0.3) is 16.7 Å². The van der Waals surface area contributed by atoms with Crippen LogP contribution in [0.4, 0.5) is 0 Å². The third-order valence-electron chi connectivity index (χ3n) is 6.80. The molecule has 1 saturated carbocycles. The molecule has 9 nitrogen and oxygen atoms in total. The molecule has 0 bridgehead atoms. The van der Waals surface area contributed by atoms with Gasteiger partial charge in [-0.15, -0.1) is 0 Å². The molecule has 1 fully saturated rings. The SMILES string of the molecule is CCCn1c(=O)n(C2CC2)c(=O)c2[nH]c(C3=CCC4C(=NN=C4c4ccc(OC)cc4)C=C3)nc21. The van der Waals surface area contributed by atoms with Crippen LogP contribution in [0, 0.1) is 5.92 Å². The quantitative estimate of drug-likeness (QED) is 0.595. The van der Waals surface area contributed by atoms with Crippen molar-refractivity contribution in [3.8, 4) is 5.75 Å². The van der Waals surface area contributed by atoms with Crippen LogP contribution in [0.3, 0.4) is 0 Å². The number of allylic oxidation sites excluding steroid dienone is 4. The summed E-state index contributed by atoms with van der Waals surface area (Å²) in [5, 5.41) is 8.86. The highest BCUT2D eigenvalue weighted by Gasteiger charge is 2.31. The Morgan fingerprint density at radius 3 is 2.63 bits per heavy atom. The monoisotopic (exact) mass is 470 g/mol. The summed E-state index contributed by atoms with van der Waals surface area (Å²) in [4.78, 5) is 34.2. The van der Waals surface area contributed by atoms with Crippen molar-refractivity contribution >= 4 is 28.2 Å². The maximum absolute atomic E-state index is 13.2. The van der Waals surface area contributed by atoms with Crippen molar-refractivity contribution in [3.05, 3.63) is 74.7 Å². The molecule has 178 valence electrons. The number of ether oxygens (including phenoxy) is 1. The number of aromatic nitrogens is 4. The maximum Gasteiger partial charge on any atom is 0.333 e. The molecule has 1 aromatic carbocycles. The van der Waals surface area contributed by atoms with Gasteiger partial charge < -0.3 is 9.72 Å². The fourth-order valence-electron chi connectivity index (χ4n) is 4.81. The summed E-state index contributed by atoms with van der Waals surface area (Å²) in [7, 11) is 1.65. The average molecular weight is 471 g/mol. The van der Waals surface area contributed by atoms with Gasteiger partial charge in [0.25, 0.3) is 5.56 Å². The lowest BCUT2D eigenvalue weighted by Gasteiger charge is -2.11. The highest BCUT2D eigenvalue weighted by Crippen LogP contribution is 2.33. The Hall–Kier alpha value is -4.01. The van der Waals surface area contributed by atoms with Crippen LogP contribution in [0.5, 0.6) is 5.75 Å². The molecule has 1 atom stereocenters. The number of nitrogens with one attached hydrogen (secondary N) is 1. The standard InChI is InChI=1S/C26H26N6O3/c1-3-14-31-24-22(25(33)32(26(31)34)17-8-9-17)27-23(28-24)16-6-12-19-20(13-7-16)29-30-21(19)15-4-10-18(35-2)11-5-15/h4-7,10-11,13,17,19H,3,8-9,12,14H2,1-2H3,(H,27,28). The zero-order valence-corrected chi connectivity index (χ0v) is 19.7. The number of aryl methyl sites for hydroxylation is 1. The van der Waals surface area contributed by atoms with Crippen molar-refractivity contribution in [1.82, 2.24) is 19.1 Å². The Bertz CT molecular complexity index is 1560. The summed E-state index contributed by atoms with van der Waals surface area (Å²) in [5.41, 5.74) is 3.93. The number of benzene rings is 1. The predicted molar refractivity (Wildman–Crippen MR) is 135 cm³/mol. The number of hydrogen-bond donors (Lipinski definition) is 1. The second-order valence-corrected chi connectivity index (χ2v) is 9.14. The molecule has 9 heteroatoms. The minimum Gasteiger partial charge on any atom is -0.497 e. The number of nitrogens with zero attached hydrogens (tertiary/aromatic N) is 5. The van der Waals surface area contributed by atoms with Crippen molar-refractivity contribution in [1.29, 1.82) is 0 Å². The third kappa shape index (κ3) is 3.58. The smallest absolute Gasteiger partial charge is 0.333 e. The van der Waals surface area contributed by atoms with Gasteiger partial charge in [0.15, 0.2) is 5.65 Å². The van der Waals surface area contributed by atoms with E-state index in [9.17, 15) is 9.59 Å². The van der Waals surface area contributed by atoms with Crippen molar-refractivity contribution in [3.63, 3.8) is 0 Å². The van der Waals surface area contributed by atoms with Crippen molar-refractivity contribution < 1.29 is 4.74 Å². The summed E-state index contributed by atoms with van der Waals surface area (Å²) in [5.74, 6) is 1.41. The fraction of sp³-hybridized carbons (Fsp3) is 0.346. The minimum atomic E-state index is -0.285. The fourth-order valence-corrected chi connectivity index (χ4v) is 4.81. The van der Waals surface area contributed by atoms with Gasteiger partial charge in [0.1, 0.15) is 17.1 Å². The van der Waals surface area contributed by atoms with Gasteiger partial charge >= 0.3 is 5.69 Å². The van der Waals surface area contributed by atoms with E-state index in [2.05, 4.69) is 21.3 Å². The molecule has 6 rings (SSSR count). The molecule has 1 unspecified atom stereocenters. The van der Waals surface area contributed by atoms with Crippen molar-refractivity contribution in [2.45, 2.75) is 45.2 Å². The first kappa shape index (κ1) is 21.5. The molecular formula is C26H26N6O3. The van der Waals surface area contributed by atoms with Crippen LogP contribution in [0.15, 0.2) is 62.3 Å². The van der Waals surface area contributed by atoms with E-state index < -0.39 is 0 Å². The van der Waals surface area contributed by atoms with E-state index in [0.29, 0.717) is 30.0 Å². The number of rotatable bonds is 6. The van der Waals surface area contributed by atoms with E-state index in [4.69, 9.17) is 9.72 Å². The number of H-pyrrole nitrogens is 1. The molecule has 3 aliphatic rings. The van der Waals surface area contributed by atoms with Crippen LogP contribution in [0.2, 0.25) is 0 Å². The lowest BCUT2D eigenvalue weighted by Crippen LogP contribution is -2.39. The van der Waals surface area contributed by atoms with Gasteiger partial charge in [-0.2, -0.15) is 10.2 Å². The van der Waals surface area contributed by atoms with Gasteiger partial charge in [0.2, 0.25) is 0 Å². The molecule has 3 aromatic rings. The first-order valence-corrected chi connectivity index (χ1v) is 12.0. The lowest BCUT2D eigenvalue weighted by atomic mass is 9.90. The Kier molecular flexibility index (Phi) is 5.12. The molecule has 0 spiro atoms. The van der Waals surface area contributed by atoms with Crippen LogP contribution in [-0.4, -0.2) is 37.6 Å². The second kappa shape index (κ2) is 8.33. The molecule has 1 aliphatic heterocycles. The Labute approximate surface area is 201 Å². The summed E-state index contributed by atoms with van der Waals surface area (Å²) in [6, 6.07) is 7.82. The Morgan fingerprint density at radius 2 is 1.91 bits per heavy atom. The summed E-state index contributed by atoms with van der Waals surface area (Å²) in [6.07, 6.45) is 9.19. The molecule has 0 saturated heterocycles. The van der Waals surface area contributed by atoms with Gasteiger partial charge in [-0.3, -0.25) is 13.9 Å². The number of aromatic amines is 1. The Morgan fingerprint density at radius 1 is 1.11 bits per heavy atom. The van der Waals surface area contributed by atoms with Gasteiger partial charge in [0.05, 0.1) is 24.5 Å². The summed E-state index contributed by atoms with van der Waals surface area (Å²) in [6.45, 7) is 2.53. The second-order valence-electron chi connectivity index (χ2n) is 9.14. The highest BCUT2D eigenvalue weighted by atomic mass is 16.5. The van der Waals surface area contributed by atoms with Gasteiger partial charge in [0, 0.05) is 18.2 Å². The van der Waals surface area contributed by atoms with Gasteiger partial charge in [-0.1, -0.05) is 13.0 Å². The van der Waals surface area contributed by atoms with Crippen LogP contribution in [-0.2, 0) is 6.54 Å².